The molecule has 0 saturated carbocycles. The lowest BCUT2D eigenvalue weighted by molar-refractivity contribution is 0.304. The van der Waals surface area contributed by atoms with Crippen molar-refractivity contribution in [2.24, 2.45) is 10.9 Å². The molecule has 120 valence electrons. The molecule has 0 aliphatic heterocycles. The normalized spacial score (nSPS) is 11.0. The minimum atomic E-state index is -0.702. The Hall–Kier alpha value is -1.12. The van der Waals surface area contributed by atoms with E-state index < -0.39 is 11.6 Å². The second-order valence-corrected chi connectivity index (χ2v) is 4.70. The maximum Gasteiger partial charge on any atom is 0.191 e. The lowest BCUT2D eigenvalue weighted by Crippen LogP contribution is -2.40. The molecule has 0 radical (unpaired) electrons. The van der Waals surface area contributed by atoms with Crippen molar-refractivity contribution >= 4 is 29.9 Å². The molecule has 0 spiro atoms. The van der Waals surface area contributed by atoms with Gasteiger partial charge in [0.2, 0.25) is 0 Å². The van der Waals surface area contributed by atoms with Gasteiger partial charge in [-0.15, -0.1) is 24.0 Å². The van der Waals surface area contributed by atoms with Crippen LogP contribution < -0.4 is 15.4 Å². The third-order valence-corrected chi connectivity index (χ3v) is 2.45. The number of benzene rings is 1. The van der Waals surface area contributed by atoms with E-state index in [9.17, 15) is 8.78 Å². The van der Waals surface area contributed by atoms with Gasteiger partial charge in [0.25, 0.3) is 0 Å². The molecule has 0 amide bonds. The summed E-state index contributed by atoms with van der Waals surface area (Å²) in [7, 11) is 1.68. The zero-order valence-electron chi connectivity index (χ0n) is 12.5. The maximum atomic E-state index is 13.3. The van der Waals surface area contributed by atoms with Gasteiger partial charge < -0.3 is 15.4 Å². The van der Waals surface area contributed by atoms with E-state index in [0.29, 0.717) is 18.4 Å². The number of aliphatic imine (C=N–C) groups is 1. The van der Waals surface area contributed by atoms with Crippen LogP contribution in [0.15, 0.2) is 23.2 Å². The van der Waals surface area contributed by atoms with Gasteiger partial charge in [0.15, 0.2) is 17.5 Å². The summed E-state index contributed by atoms with van der Waals surface area (Å²) in [5.74, 6) is -0.100. The first kappa shape index (κ1) is 19.9. The smallest absolute Gasteiger partial charge is 0.191 e. The second-order valence-electron chi connectivity index (χ2n) is 4.70. The predicted molar refractivity (Wildman–Crippen MR) is 91.5 cm³/mol. The first-order valence-electron chi connectivity index (χ1n) is 6.55. The molecular formula is C14H22F2IN3O. The molecule has 0 atom stereocenters. The first-order valence-corrected chi connectivity index (χ1v) is 6.55. The van der Waals surface area contributed by atoms with Crippen LogP contribution in [0.4, 0.5) is 8.78 Å². The summed E-state index contributed by atoms with van der Waals surface area (Å²) in [5.41, 5.74) is 0. The lowest BCUT2D eigenvalue weighted by Gasteiger charge is -2.14. The highest BCUT2D eigenvalue weighted by Gasteiger charge is 2.04. The highest BCUT2D eigenvalue weighted by atomic mass is 127. The van der Waals surface area contributed by atoms with Crippen molar-refractivity contribution in [1.29, 1.82) is 0 Å². The van der Waals surface area contributed by atoms with E-state index in [2.05, 4.69) is 29.5 Å². The van der Waals surface area contributed by atoms with Crippen LogP contribution in [-0.4, -0.2) is 32.7 Å². The largest absolute Gasteiger partial charge is 0.489 e. The molecule has 1 aromatic carbocycles. The van der Waals surface area contributed by atoms with E-state index >= 15 is 0 Å². The fourth-order valence-electron chi connectivity index (χ4n) is 1.44. The summed E-state index contributed by atoms with van der Waals surface area (Å²) in [5, 5.41) is 6.19. The van der Waals surface area contributed by atoms with Gasteiger partial charge in [0.1, 0.15) is 12.4 Å². The molecular weight excluding hydrogens is 391 g/mol. The van der Waals surface area contributed by atoms with E-state index in [1.807, 2.05) is 0 Å². The second kappa shape index (κ2) is 10.6. The summed E-state index contributed by atoms with van der Waals surface area (Å²) in [6.07, 6.45) is 0. The zero-order chi connectivity index (χ0) is 15.0. The summed E-state index contributed by atoms with van der Waals surface area (Å²) < 4.78 is 31.2. The topological polar surface area (TPSA) is 45.7 Å². The highest BCUT2D eigenvalue weighted by Crippen LogP contribution is 2.17. The van der Waals surface area contributed by atoms with Crippen LogP contribution >= 0.6 is 24.0 Å². The van der Waals surface area contributed by atoms with Crippen LogP contribution in [0.2, 0.25) is 0 Å². The molecule has 0 aromatic heterocycles. The van der Waals surface area contributed by atoms with E-state index in [-0.39, 0.29) is 36.3 Å². The Kier molecular flexibility index (Phi) is 10.0. The van der Waals surface area contributed by atoms with Crippen LogP contribution in [0.5, 0.6) is 5.75 Å². The molecule has 7 heteroatoms. The number of nitrogens with zero attached hydrogens (tertiary/aromatic N) is 1. The van der Waals surface area contributed by atoms with Gasteiger partial charge in [-0.1, -0.05) is 13.8 Å². The van der Waals surface area contributed by atoms with Gasteiger partial charge in [-0.05, 0) is 18.1 Å². The van der Waals surface area contributed by atoms with Crippen LogP contribution in [-0.2, 0) is 0 Å². The molecule has 0 unspecified atom stereocenters. The molecule has 0 heterocycles. The molecule has 1 aromatic rings. The molecule has 0 fully saturated rings. The van der Waals surface area contributed by atoms with Crippen LogP contribution in [0.3, 0.4) is 0 Å². The summed E-state index contributed by atoms with van der Waals surface area (Å²) in [6.45, 7) is 5.73. The summed E-state index contributed by atoms with van der Waals surface area (Å²) in [4.78, 5) is 4.05. The van der Waals surface area contributed by atoms with Gasteiger partial charge in [-0.2, -0.15) is 0 Å². The average molecular weight is 413 g/mol. The molecule has 2 N–H and O–H groups in total. The Balaban J connectivity index is 0.00000400. The Labute approximate surface area is 141 Å². The van der Waals surface area contributed by atoms with Gasteiger partial charge in [0, 0.05) is 19.7 Å². The standard InChI is InChI=1S/C14H21F2N3O.HI/c1-10(2)9-19-14(17-3)18-6-7-20-13-5-4-11(15)8-12(13)16;/h4-5,8,10H,6-7,9H2,1-3H3,(H2,17,18,19);1H. The molecule has 0 aliphatic rings. The van der Waals surface area contributed by atoms with Crippen molar-refractivity contribution in [3.63, 3.8) is 0 Å². The van der Waals surface area contributed by atoms with Crippen LogP contribution in [0.25, 0.3) is 0 Å². The van der Waals surface area contributed by atoms with E-state index in [1.54, 1.807) is 7.05 Å². The number of hydrogen-bond donors (Lipinski definition) is 2. The lowest BCUT2D eigenvalue weighted by atomic mass is 10.2. The minimum absolute atomic E-state index is 0. The van der Waals surface area contributed by atoms with Crippen molar-refractivity contribution < 1.29 is 13.5 Å². The van der Waals surface area contributed by atoms with Crippen molar-refractivity contribution in [3.05, 3.63) is 29.8 Å². The molecule has 0 saturated heterocycles. The Bertz CT molecular complexity index is 456. The van der Waals surface area contributed by atoms with E-state index in [0.717, 1.165) is 18.7 Å². The van der Waals surface area contributed by atoms with Crippen LogP contribution in [0, 0.1) is 17.6 Å². The Morgan fingerprint density at radius 3 is 2.57 bits per heavy atom. The van der Waals surface area contributed by atoms with Gasteiger partial charge in [0.05, 0.1) is 6.54 Å². The van der Waals surface area contributed by atoms with Gasteiger partial charge in [-0.25, -0.2) is 8.78 Å². The van der Waals surface area contributed by atoms with Crippen molar-refractivity contribution in [1.82, 2.24) is 10.6 Å². The molecule has 0 bridgehead atoms. The highest BCUT2D eigenvalue weighted by molar-refractivity contribution is 14.0. The Morgan fingerprint density at radius 2 is 2.00 bits per heavy atom. The SMILES string of the molecule is CN=C(NCCOc1ccc(F)cc1F)NCC(C)C.I. The fraction of sp³-hybridized carbons (Fsp3) is 0.500. The number of hydrogen-bond acceptors (Lipinski definition) is 2. The number of ether oxygens (including phenoxy) is 1. The summed E-state index contributed by atoms with van der Waals surface area (Å²) >= 11 is 0. The molecule has 0 aliphatic carbocycles. The monoisotopic (exact) mass is 413 g/mol. The fourth-order valence-corrected chi connectivity index (χ4v) is 1.44. The number of guanidine groups is 1. The Morgan fingerprint density at radius 1 is 1.29 bits per heavy atom. The zero-order valence-corrected chi connectivity index (χ0v) is 14.8. The molecule has 1 rings (SSSR count). The summed E-state index contributed by atoms with van der Waals surface area (Å²) in [6, 6.07) is 3.23. The predicted octanol–water partition coefficient (Wildman–Crippen LogP) is 2.78. The van der Waals surface area contributed by atoms with Gasteiger partial charge >= 0.3 is 0 Å². The number of rotatable bonds is 6. The van der Waals surface area contributed by atoms with E-state index in [1.165, 1.54) is 6.07 Å². The maximum absolute atomic E-state index is 13.3. The van der Waals surface area contributed by atoms with Crippen molar-refractivity contribution in [3.8, 4) is 5.75 Å². The molecule has 4 nitrogen and oxygen atoms in total. The first-order chi connectivity index (χ1) is 9.52. The quantitative estimate of drug-likeness (QED) is 0.326. The van der Waals surface area contributed by atoms with E-state index in [4.69, 9.17) is 4.74 Å². The third kappa shape index (κ3) is 8.03. The number of halogens is 3. The van der Waals surface area contributed by atoms with Crippen LogP contribution in [0.1, 0.15) is 13.8 Å². The van der Waals surface area contributed by atoms with Crippen molar-refractivity contribution in [2.75, 3.05) is 26.7 Å². The van der Waals surface area contributed by atoms with Crippen molar-refractivity contribution in [2.45, 2.75) is 13.8 Å². The van der Waals surface area contributed by atoms with Gasteiger partial charge in [-0.3, -0.25) is 4.99 Å². The minimum Gasteiger partial charge on any atom is -0.489 e. The number of nitrogens with one attached hydrogen (secondary N) is 2. The average Bonchev–Trinajstić information content (AvgIpc) is 2.39. The molecule has 21 heavy (non-hydrogen) atoms. The third-order valence-electron chi connectivity index (χ3n) is 2.45.